The molecule has 10 heteroatoms. The van der Waals surface area contributed by atoms with E-state index in [-0.39, 0.29) is 18.3 Å². The van der Waals surface area contributed by atoms with Crippen molar-refractivity contribution in [1.29, 1.82) is 0 Å². The average molecular weight is 431 g/mol. The van der Waals surface area contributed by atoms with Crippen LogP contribution < -0.4 is 4.74 Å². The highest BCUT2D eigenvalue weighted by atomic mass is 19.4. The van der Waals surface area contributed by atoms with Crippen molar-refractivity contribution in [3.05, 3.63) is 29.8 Å². The van der Waals surface area contributed by atoms with E-state index in [0.717, 1.165) is 25.0 Å². The summed E-state index contributed by atoms with van der Waals surface area (Å²) in [5, 5.41) is 9.51. The van der Waals surface area contributed by atoms with Crippen LogP contribution in [-0.2, 0) is 6.54 Å². The van der Waals surface area contributed by atoms with Crippen LogP contribution in [0.2, 0.25) is 0 Å². The van der Waals surface area contributed by atoms with Crippen molar-refractivity contribution in [2.45, 2.75) is 70.0 Å². The van der Waals surface area contributed by atoms with Crippen molar-refractivity contribution in [2.24, 2.45) is 5.92 Å². The number of rotatable bonds is 7. The van der Waals surface area contributed by atoms with Crippen LogP contribution in [0.4, 0.5) is 30.7 Å². The molecule has 0 heterocycles. The molecule has 0 aromatic heterocycles. The van der Waals surface area contributed by atoms with E-state index >= 15 is 0 Å². The first-order valence-electron chi connectivity index (χ1n) is 9.31. The van der Waals surface area contributed by atoms with E-state index in [1.54, 1.807) is 0 Å². The van der Waals surface area contributed by atoms with E-state index in [0.29, 0.717) is 24.3 Å². The predicted molar refractivity (Wildman–Crippen MR) is 91.9 cm³/mol. The highest BCUT2D eigenvalue weighted by Gasteiger charge is 2.43. The molecule has 29 heavy (non-hydrogen) atoms. The van der Waals surface area contributed by atoms with Gasteiger partial charge in [0.05, 0.1) is 0 Å². The quantitative estimate of drug-likeness (QED) is 0.601. The summed E-state index contributed by atoms with van der Waals surface area (Å²) in [6.07, 6.45) is -13.0. The highest BCUT2D eigenvalue weighted by Crippen LogP contribution is 2.31. The number of hydrogen-bond acceptors (Lipinski definition) is 3. The van der Waals surface area contributed by atoms with Gasteiger partial charge in [-0.3, -0.25) is 4.90 Å². The zero-order valence-corrected chi connectivity index (χ0v) is 15.8. The normalized spacial score (nSPS) is 23.1. The summed E-state index contributed by atoms with van der Waals surface area (Å²) in [7, 11) is 0. The van der Waals surface area contributed by atoms with E-state index in [9.17, 15) is 35.8 Å². The van der Waals surface area contributed by atoms with Gasteiger partial charge in [-0.1, -0.05) is 19.1 Å². The second-order valence-electron chi connectivity index (χ2n) is 7.52. The fourth-order valence-electron chi connectivity index (χ4n) is 3.41. The maximum atomic E-state index is 13.1. The maximum absolute atomic E-state index is 13.1. The SMILES string of the molecule is CC1CCC(N(Cc2cccc(OC(F)C(F)(F)F)c2)CC(O)C(F)(F)F)CC1. The van der Waals surface area contributed by atoms with Crippen molar-refractivity contribution in [2.75, 3.05) is 6.54 Å². The van der Waals surface area contributed by atoms with E-state index in [4.69, 9.17) is 0 Å². The number of nitrogens with zero attached hydrogens (tertiary/aromatic N) is 1. The minimum atomic E-state index is -5.18. The molecule has 2 unspecified atom stereocenters. The number of hydrogen-bond donors (Lipinski definition) is 1. The smallest absolute Gasteiger partial charge is 0.452 e. The fraction of sp³-hybridized carbons (Fsp3) is 0.684. The van der Waals surface area contributed by atoms with Crippen LogP contribution in [0.5, 0.6) is 5.75 Å². The summed E-state index contributed by atoms with van der Waals surface area (Å²) in [6, 6.07) is 4.95. The third-order valence-electron chi connectivity index (χ3n) is 5.07. The summed E-state index contributed by atoms with van der Waals surface area (Å²) >= 11 is 0. The molecule has 1 aliphatic carbocycles. The second-order valence-corrected chi connectivity index (χ2v) is 7.52. The Labute approximate surface area is 164 Å². The third-order valence-corrected chi connectivity index (χ3v) is 5.07. The van der Waals surface area contributed by atoms with Gasteiger partial charge in [-0.05, 0) is 49.3 Å². The minimum Gasteiger partial charge on any atom is -0.452 e. The van der Waals surface area contributed by atoms with Gasteiger partial charge in [-0.2, -0.15) is 30.7 Å². The van der Waals surface area contributed by atoms with Crippen molar-refractivity contribution in [3.63, 3.8) is 0 Å². The molecule has 0 amide bonds. The van der Waals surface area contributed by atoms with Crippen LogP contribution in [0.15, 0.2) is 24.3 Å². The Morgan fingerprint density at radius 2 is 1.69 bits per heavy atom. The van der Waals surface area contributed by atoms with Gasteiger partial charge < -0.3 is 9.84 Å². The van der Waals surface area contributed by atoms with Crippen LogP contribution in [0, 0.1) is 5.92 Å². The Morgan fingerprint density at radius 1 is 1.07 bits per heavy atom. The molecular weight excluding hydrogens is 407 g/mol. The van der Waals surface area contributed by atoms with Crippen LogP contribution >= 0.6 is 0 Å². The highest BCUT2D eigenvalue weighted by molar-refractivity contribution is 5.28. The Kier molecular flexibility index (Phi) is 7.78. The molecule has 1 aromatic carbocycles. The van der Waals surface area contributed by atoms with E-state index in [1.165, 1.54) is 17.0 Å². The van der Waals surface area contributed by atoms with Gasteiger partial charge >= 0.3 is 18.7 Å². The molecule has 1 fully saturated rings. The van der Waals surface area contributed by atoms with Gasteiger partial charge in [-0.25, -0.2) is 0 Å². The molecular formula is C19H24F7NO2. The number of halogens is 7. The lowest BCUT2D eigenvalue weighted by Gasteiger charge is -2.37. The van der Waals surface area contributed by atoms with E-state index in [2.05, 4.69) is 11.7 Å². The van der Waals surface area contributed by atoms with Crippen molar-refractivity contribution < 1.29 is 40.6 Å². The molecule has 1 aliphatic rings. The van der Waals surface area contributed by atoms with Gasteiger partial charge in [-0.15, -0.1) is 0 Å². The molecule has 2 rings (SSSR count). The number of benzene rings is 1. The lowest BCUT2D eigenvalue weighted by molar-refractivity contribution is -0.236. The number of alkyl halides is 7. The monoisotopic (exact) mass is 431 g/mol. The number of aliphatic hydroxyl groups is 1. The molecule has 1 aromatic rings. The van der Waals surface area contributed by atoms with Crippen molar-refractivity contribution >= 4 is 0 Å². The molecule has 0 saturated heterocycles. The van der Waals surface area contributed by atoms with Crippen molar-refractivity contribution in [3.8, 4) is 5.75 Å². The minimum absolute atomic E-state index is 0.0354. The summed E-state index contributed by atoms with van der Waals surface area (Å²) in [5.74, 6) is 0.0853. The van der Waals surface area contributed by atoms with Crippen molar-refractivity contribution in [1.82, 2.24) is 4.90 Å². The second kappa shape index (κ2) is 9.51. The van der Waals surface area contributed by atoms with Gasteiger partial charge in [0.25, 0.3) is 0 Å². The molecule has 1 N–H and O–H groups in total. The largest absolute Gasteiger partial charge is 0.457 e. The average Bonchev–Trinajstić information content (AvgIpc) is 2.60. The summed E-state index contributed by atoms with van der Waals surface area (Å²) in [4.78, 5) is 1.49. The topological polar surface area (TPSA) is 32.7 Å². The van der Waals surface area contributed by atoms with Crippen LogP contribution in [0.3, 0.4) is 0 Å². The van der Waals surface area contributed by atoms with Gasteiger partial charge in [0.2, 0.25) is 0 Å². The summed E-state index contributed by atoms with van der Waals surface area (Å²) in [6.45, 7) is 1.37. The maximum Gasteiger partial charge on any atom is 0.457 e. The first kappa shape index (κ1) is 23.7. The zero-order chi connectivity index (χ0) is 21.8. The Bertz CT molecular complexity index is 642. The van der Waals surface area contributed by atoms with E-state index < -0.39 is 31.4 Å². The van der Waals surface area contributed by atoms with Crippen LogP contribution in [0.25, 0.3) is 0 Å². The molecule has 0 spiro atoms. The Balaban J connectivity index is 2.14. The molecule has 3 nitrogen and oxygen atoms in total. The molecule has 1 saturated carbocycles. The Morgan fingerprint density at radius 3 is 2.24 bits per heavy atom. The van der Waals surface area contributed by atoms with Crippen LogP contribution in [-0.4, -0.2) is 47.4 Å². The molecule has 0 bridgehead atoms. The first-order chi connectivity index (χ1) is 13.4. The van der Waals surface area contributed by atoms with E-state index in [1.807, 2.05) is 0 Å². The van der Waals surface area contributed by atoms with Gasteiger partial charge in [0.1, 0.15) is 5.75 Å². The summed E-state index contributed by atoms with van der Waals surface area (Å²) in [5.41, 5.74) is 0.366. The standard InChI is InChI=1S/C19H24F7NO2/c1-12-5-7-14(8-6-12)27(11-16(28)18(21,22)23)10-13-3-2-4-15(9-13)29-17(20)19(24,25)26/h2-4,9,12,14,16-17,28H,5-8,10-11H2,1H3. The number of ether oxygens (including phenoxy) is 1. The lowest BCUT2D eigenvalue weighted by Crippen LogP contribution is -2.46. The predicted octanol–water partition coefficient (Wildman–Crippen LogP) is 5.23. The molecule has 0 aliphatic heterocycles. The molecule has 166 valence electrons. The number of aliphatic hydroxyl groups excluding tert-OH is 1. The lowest BCUT2D eigenvalue weighted by atomic mass is 9.86. The zero-order valence-electron chi connectivity index (χ0n) is 15.8. The van der Waals surface area contributed by atoms with Gasteiger partial charge in [0.15, 0.2) is 6.10 Å². The Hall–Kier alpha value is -1.55. The molecule has 2 atom stereocenters. The molecule has 0 radical (unpaired) electrons. The third kappa shape index (κ3) is 7.33. The first-order valence-corrected chi connectivity index (χ1v) is 9.31. The van der Waals surface area contributed by atoms with Crippen LogP contribution in [0.1, 0.15) is 38.2 Å². The fourth-order valence-corrected chi connectivity index (χ4v) is 3.41. The summed E-state index contributed by atoms with van der Waals surface area (Å²) < 4.78 is 92.9. The van der Waals surface area contributed by atoms with Gasteiger partial charge in [0, 0.05) is 19.1 Å².